The van der Waals surface area contributed by atoms with Gasteiger partial charge in [0.1, 0.15) is 11.5 Å². The number of nitrogen functional groups attached to an aromatic ring is 1. The van der Waals surface area contributed by atoms with Gasteiger partial charge in [-0.05, 0) is 17.7 Å². The highest BCUT2D eigenvalue weighted by atomic mass is 19.1. The Hall–Kier alpha value is -3.22. The van der Waals surface area contributed by atoms with Gasteiger partial charge in [-0.15, -0.1) is 0 Å². The number of hydrogen-bond acceptors (Lipinski definition) is 4. The number of anilines is 1. The largest absolute Gasteiger partial charge is 0.393 e. The van der Waals surface area contributed by atoms with Crippen LogP contribution in [0.2, 0.25) is 0 Å². The van der Waals surface area contributed by atoms with Crippen LogP contribution < -0.4 is 5.73 Å². The highest BCUT2D eigenvalue weighted by Gasteiger charge is 2.22. The minimum atomic E-state index is -0.571. The van der Waals surface area contributed by atoms with Gasteiger partial charge in [0, 0.05) is 24.0 Å². The average molecular weight is 312 g/mol. The van der Waals surface area contributed by atoms with E-state index in [9.17, 15) is 14.5 Å². The van der Waals surface area contributed by atoms with Crippen LogP contribution in [0.3, 0.4) is 0 Å². The van der Waals surface area contributed by atoms with Crippen LogP contribution in [0.5, 0.6) is 0 Å². The van der Waals surface area contributed by atoms with Crippen LogP contribution >= 0.6 is 0 Å². The zero-order chi connectivity index (χ0) is 16.4. The summed E-state index contributed by atoms with van der Waals surface area (Å²) in [4.78, 5) is 14.5. The third kappa shape index (κ3) is 2.76. The Kier molecular flexibility index (Phi) is 3.76. The van der Waals surface area contributed by atoms with Gasteiger partial charge in [-0.2, -0.15) is 0 Å². The van der Waals surface area contributed by atoms with Crippen LogP contribution in [0.4, 0.5) is 15.8 Å². The Labute approximate surface area is 131 Å². The van der Waals surface area contributed by atoms with Crippen molar-refractivity contribution >= 4 is 11.4 Å². The van der Waals surface area contributed by atoms with Gasteiger partial charge in [-0.3, -0.25) is 10.1 Å². The van der Waals surface area contributed by atoms with Crippen LogP contribution in [0, 0.1) is 15.9 Å². The first-order chi connectivity index (χ1) is 11.1. The summed E-state index contributed by atoms with van der Waals surface area (Å²) in [5.41, 5.74) is 6.45. The quantitative estimate of drug-likeness (QED) is 0.455. The fraction of sp³-hybridized carbons (Fsp3) is 0.0625. The molecule has 1 heterocycles. The summed E-state index contributed by atoms with van der Waals surface area (Å²) in [5.74, 6) is -0.398. The Bertz CT molecular complexity index is 849. The summed E-state index contributed by atoms with van der Waals surface area (Å²) in [6.07, 6.45) is 4.79. The minimum absolute atomic E-state index is 0.0664. The van der Waals surface area contributed by atoms with E-state index in [1.54, 1.807) is 47.6 Å². The molecule has 23 heavy (non-hydrogen) atoms. The summed E-state index contributed by atoms with van der Waals surface area (Å²) in [7, 11) is 0. The van der Waals surface area contributed by atoms with Crippen LogP contribution in [0.15, 0.2) is 61.2 Å². The number of rotatable bonds is 4. The molecule has 0 aliphatic carbocycles. The second-order valence-corrected chi connectivity index (χ2v) is 5.01. The molecular weight excluding hydrogens is 299 g/mol. The number of nitrogens with two attached hydrogens (primary N) is 1. The maximum absolute atomic E-state index is 14.3. The highest BCUT2D eigenvalue weighted by Crippen LogP contribution is 2.32. The molecular formula is C16H13FN4O2. The van der Waals surface area contributed by atoms with Crippen LogP contribution in [0.25, 0.3) is 0 Å². The van der Waals surface area contributed by atoms with E-state index < -0.39 is 16.8 Å². The molecule has 1 atom stereocenters. The van der Waals surface area contributed by atoms with E-state index in [4.69, 9.17) is 5.73 Å². The SMILES string of the molecule is Nc1ccc(C(c2ccccc2F)n2ccnc2)cc1[N+](=O)[O-]. The number of nitro groups is 1. The summed E-state index contributed by atoms with van der Waals surface area (Å²) >= 11 is 0. The second kappa shape index (κ2) is 5.88. The van der Waals surface area contributed by atoms with Crippen molar-refractivity contribution in [3.63, 3.8) is 0 Å². The number of hydrogen-bond donors (Lipinski definition) is 1. The van der Waals surface area contributed by atoms with Gasteiger partial charge in [0.05, 0.1) is 17.3 Å². The molecule has 116 valence electrons. The Morgan fingerprint density at radius 2 is 2.04 bits per heavy atom. The van der Waals surface area contributed by atoms with E-state index >= 15 is 0 Å². The molecule has 6 nitrogen and oxygen atoms in total. The molecule has 2 N–H and O–H groups in total. The van der Waals surface area contributed by atoms with E-state index in [2.05, 4.69) is 4.98 Å². The van der Waals surface area contributed by atoms with E-state index in [1.165, 1.54) is 18.2 Å². The van der Waals surface area contributed by atoms with Gasteiger partial charge in [-0.25, -0.2) is 9.37 Å². The maximum Gasteiger partial charge on any atom is 0.292 e. The van der Waals surface area contributed by atoms with Crippen molar-refractivity contribution in [1.29, 1.82) is 0 Å². The molecule has 0 aliphatic rings. The highest BCUT2D eigenvalue weighted by molar-refractivity contribution is 5.60. The number of nitro benzene ring substituents is 1. The third-order valence-electron chi connectivity index (χ3n) is 3.59. The minimum Gasteiger partial charge on any atom is -0.393 e. The van der Waals surface area contributed by atoms with Crippen LogP contribution in [-0.2, 0) is 0 Å². The lowest BCUT2D eigenvalue weighted by atomic mass is 9.97. The summed E-state index contributed by atoms with van der Waals surface area (Å²) < 4.78 is 16.0. The fourth-order valence-corrected chi connectivity index (χ4v) is 2.52. The van der Waals surface area contributed by atoms with Crippen molar-refractivity contribution in [3.05, 3.63) is 88.2 Å². The Morgan fingerprint density at radius 1 is 1.26 bits per heavy atom. The summed E-state index contributed by atoms with van der Waals surface area (Å²) in [5, 5.41) is 11.1. The molecule has 1 unspecified atom stereocenters. The molecule has 0 fully saturated rings. The number of aromatic nitrogens is 2. The first-order valence-corrected chi connectivity index (χ1v) is 6.83. The molecule has 3 aromatic rings. The lowest BCUT2D eigenvalue weighted by Crippen LogP contribution is -2.13. The predicted octanol–water partition coefficient (Wildman–Crippen LogP) is 3.15. The third-order valence-corrected chi connectivity index (χ3v) is 3.59. The molecule has 0 aliphatic heterocycles. The zero-order valence-corrected chi connectivity index (χ0v) is 12.0. The maximum atomic E-state index is 14.3. The lowest BCUT2D eigenvalue weighted by molar-refractivity contribution is -0.384. The van der Waals surface area contributed by atoms with Crippen LogP contribution in [0.1, 0.15) is 17.2 Å². The van der Waals surface area contributed by atoms with Gasteiger partial charge >= 0.3 is 0 Å². The van der Waals surface area contributed by atoms with E-state index in [0.717, 1.165) is 0 Å². The molecule has 3 rings (SSSR count). The zero-order valence-electron chi connectivity index (χ0n) is 12.0. The van der Waals surface area contributed by atoms with E-state index in [1.807, 2.05) is 0 Å². The lowest BCUT2D eigenvalue weighted by Gasteiger charge is -2.20. The number of halogens is 1. The molecule has 7 heteroatoms. The number of imidazole rings is 1. The van der Waals surface area contributed by atoms with E-state index in [-0.39, 0.29) is 11.4 Å². The molecule has 0 saturated carbocycles. The standard InChI is InChI=1S/C16H13FN4O2/c17-13-4-2-1-3-12(13)16(20-8-7-19-10-20)11-5-6-14(18)15(9-11)21(22)23/h1-10,16H,18H2. The summed E-state index contributed by atoms with van der Waals surface area (Å²) in [6.45, 7) is 0. The Balaban J connectivity index is 2.20. The van der Waals surface area contributed by atoms with Gasteiger partial charge in [-0.1, -0.05) is 24.3 Å². The molecule has 0 bridgehead atoms. The average Bonchev–Trinajstić information content (AvgIpc) is 3.05. The van der Waals surface area contributed by atoms with Gasteiger partial charge in [0.15, 0.2) is 0 Å². The van der Waals surface area contributed by atoms with Crippen molar-refractivity contribution in [2.24, 2.45) is 0 Å². The Morgan fingerprint density at radius 3 is 2.70 bits per heavy atom. The second-order valence-electron chi connectivity index (χ2n) is 5.01. The van der Waals surface area contributed by atoms with Crippen LogP contribution in [-0.4, -0.2) is 14.5 Å². The number of benzene rings is 2. The molecule has 0 radical (unpaired) electrons. The van der Waals surface area contributed by atoms with E-state index in [0.29, 0.717) is 11.1 Å². The summed E-state index contributed by atoms with van der Waals surface area (Å²) in [6, 6.07) is 10.2. The van der Waals surface area contributed by atoms with Crippen molar-refractivity contribution in [3.8, 4) is 0 Å². The molecule has 0 amide bonds. The monoisotopic (exact) mass is 312 g/mol. The fourth-order valence-electron chi connectivity index (χ4n) is 2.52. The smallest absolute Gasteiger partial charge is 0.292 e. The first-order valence-electron chi connectivity index (χ1n) is 6.83. The number of nitrogens with zero attached hydrogens (tertiary/aromatic N) is 3. The van der Waals surface area contributed by atoms with Crippen molar-refractivity contribution in [2.45, 2.75) is 6.04 Å². The molecule has 0 saturated heterocycles. The van der Waals surface area contributed by atoms with Gasteiger partial charge < -0.3 is 10.3 Å². The van der Waals surface area contributed by atoms with Gasteiger partial charge in [0.2, 0.25) is 0 Å². The van der Waals surface area contributed by atoms with Crippen molar-refractivity contribution in [1.82, 2.24) is 9.55 Å². The molecule has 2 aromatic carbocycles. The first kappa shape index (κ1) is 14.7. The normalized spacial score (nSPS) is 12.0. The van der Waals surface area contributed by atoms with Crippen molar-refractivity contribution in [2.75, 3.05) is 5.73 Å². The van der Waals surface area contributed by atoms with Gasteiger partial charge in [0.25, 0.3) is 5.69 Å². The topological polar surface area (TPSA) is 87.0 Å². The molecule has 1 aromatic heterocycles. The molecule has 0 spiro atoms. The van der Waals surface area contributed by atoms with Crippen molar-refractivity contribution < 1.29 is 9.31 Å². The predicted molar refractivity (Wildman–Crippen MR) is 83.4 cm³/mol.